The van der Waals surface area contributed by atoms with Crippen LogP contribution in [0.25, 0.3) is 11.1 Å². The lowest BCUT2D eigenvalue weighted by molar-refractivity contribution is 0.205. The summed E-state index contributed by atoms with van der Waals surface area (Å²) in [6, 6.07) is 34.7. The highest BCUT2D eigenvalue weighted by atomic mass is 16.5. The van der Waals surface area contributed by atoms with E-state index < -0.39 is 0 Å². The van der Waals surface area contributed by atoms with Crippen LogP contribution in [0.4, 0.5) is 0 Å². The highest BCUT2D eigenvalue weighted by Gasteiger charge is 2.15. The van der Waals surface area contributed by atoms with E-state index in [0.717, 1.165) is 6.42 Å². The van der Waals surface area contributed by atoms with Crippen LogP contribution in [0.15, 0.2) is 109 Å². The van der Waals surface area contributed by atoms with Gasteiger partial charge in [0.15, 0.2) is 0 Å². The van der Waals surface area contributed by atoms with Crippen molar-refractivity contribution in [3.05, 3.63) is 120 Å². The van der Waals surface area contributed by atoms with E-state index in [4.69, 9.17) is 23.1 Å². The Morgan fingerprint density at radius 2 is 0.912 bits per heavy atom. The molecule has 170 valence electrons. The van der Waals surface area contributed by atoms with Crippen LogP contribution < -0.4 is 0 Å². The van der Waals surface area contributed by atoms with Crippen LogP contribution in [0.3, 0.4) is 0 Å². The van der Waals surface area contributed by atoms with Gasteiger partial charge >= 0.3 is 0 Å². The number of para-hydroxylation sites is 2. The molecular formula is C31H28O3. The molecule has 0 atom stereocenters. The third-order valence-electron chi connectivity index (χ3n) is 4.59. The van der Waals surface area contributed by atoms with Crippen LogP contribution in [-0.4, -0.2) is 23.4 Å². The van der Waals surface area contributed by atoms with Crippen LogP contribution in [0, 0.1) is 24.7 Å². The van der Waals surface area contributed by atoms with Crippen molar-refractivity contribution in [2.75, 3.05) is 13.2 Å². The number of aromatic hydroxyl groups is 2. The molecule has 2 N–H and O–H groups in total. The maximum absolute atomic E-state index is 8.63. The third kappa shape index (κ3) is 9.37. The second kappa shape index (κ2) is 15.4. The summed E-state index contributed by atoms with van der Waals surface area (Å²) < 4.78 is 4.66. The van der Waals surface area contributed by atoms with E-state index in [1.54, 1.807) is 48.5 Å². The molecule has 0 aliphatic heterocycles. The Balaban J connectivity index is 0.000000170. The second-order valence-electron chi connectivity index (χ2n) is 7.06. The topological polar surface area (TPSA) is 49.7 Å². The lowest BCUT2D eigenvalue weighted by Crippen LogP contribution is -1.89. The van der Waals surface area contributed by atoms with Crippen LogP contribution in [0.1, 0.15) is 11.1 Å². The van der Waals surface area contributed by atoms with E-state index in [0.29, 0.717) is 24.7 Å². The predicted octanol–water partition coefficient (Wildman–Crippen LogP) is 6.31. The number of ether oxygens (including phenoxy) is 1. The summed E-state index contributed by atoms with van der Waals surface area (Å²) >= 11 is 0. The highest BCUT2D eigenvalue weighted by molar-refractivity contribution is 5.76. The Morgan fingerprint density at radius 1 is 0.559 bits per heavy atom. The number of benzene rings is 4. The van der Waals surface area contributed by atoms with Crippen LogP contribution in [0.2, 0.25) is 0 Å². The first-order valence-corrected chi connectivity index (χ1v) is 10.7. The molecule has 3 heteroatoms. The Labute approximate surface area is 202 Å². The molecule has 4 aromatic carbocycles. The molecule has 0 radical (unpaired) electrons. The van der Waals surface area contributed by atoms with E-state index in [9.17, 15) is 0 Å². The largest absolute Gasteiger partial charge is 0.508 e. The van der Waals surface area contributed by atoms with E-state index in [2.05, 4.69) is 65.1 Å². The zero-order valence-corrected chi connectivity index (χ0v) is 19.0. The molecular weight excluding hydrogens is 420 g/mol. The molecule has 1 aliphatic rings. The lowest BCUT2D eigenvalue weighted by Gasteiger charge is -1.98. The Kier molecular flexibility index (Phi) is 11.7. The molecule has 0 saturated heterocycles. The summed E-state index contributed by atoms with van der Waals surface area (Å²) in [5.41, 5.74) is 5.75. The monoisotopic (exact) mass is 448 g/mol. The average molecular weight is 449 g/mol. The SMILES string of the molecule is C#CCOCC#C.Oc1ccccc1.Oc1ccccc1.c1ccc2c(c1)Cc1ccccc1-2. The second-order valence-corrected chi connectivity index (χ2v) is 7.06. The molecule has 0 amide bonds. The molecule has 0 bridgehead atoms. The molecule has 4 aromatic rings. The summed E-state index contributed by atoms with van der Waals surface area (Å²) in [6.07, 6.45) is 10.8. The minimum atomic E-state index is 0.310. The van der Waals surface area contributed by atoms with Gasteiger partial charge in [0.25, 0.3) is 0 Å². The zero-order valence-electron chi connectivity index (χ0n) is 19.0. The van der Waals surface area contributed by atoms with Crippen molar-refractivity contribution < 1.29 is 14.9 Å². The Hall–Kier alpha value is -4.44. The smallest absolute Gasteiger partial charge is 0.115 e. The predicted molar refractivity (Wildman–Crippen MR) is 139 cm³/mol. The summed E-state index contributed by atoms with van der Waals surface area (Å²) in [5.74, 6) is 5.21. The number of hydrogen-bond acceptors (Lipinski definition) is 3. The van der Waals surface area contributed by atoms with Crippen LogP contribution in [0.5, 0.6) is 11.5 Å². The van der Waals surface area contributed by atoms with Crippen molar-refractivity contribution in [2.24, 2.45) is 0 Å². The molecule has 5 rings (SSSR count). The molecule has 0 heterocycles. The zero-order chi connectivity index (χ0) is 24.4. The van der Waals surface area contributed by atoms with Gasteiger partial charge in [0.1, 0.15) is 24.7 Å². The van der Waals surface area contributed by atoms with E-state index in [1.807, 2.05) is 12.1 Å². The van der Waals surface area contributed by atoms with Gasteiger partial charge in [-0.15, -0.1) is 12.8 Å². The first-order chi connectivity index (χ1) is 16.7. The van der Waals surface area contributed by atoms with Crippen molar-refractivity contribution >= 4 is 0 Å². The number of hydrogen-bond donors (Lipinski definition) is 2. The molecule has 0 fully saturated rings. The molecule has 0 aromatic heterocycles. The van der Waals surface area contributed by atoms with Gasteiger partial charge in [-0.2, -0.15) is 0 Å². The minimum absolute atomic E-state index is 0.310. The molecule has 0 saturated carbocycles. The quantitative estimate of drug-likeness (QED) is 0.246. The van der Waals surface area contributed by atoms with Gasteiger partial charge in [0.05, 0.1) is 0 Å². The van der Waals surface area contributed by atoms with E-state index in [-0.39, 0.29) is 0 Å². The van der Waals surface area contributed by atoms with E-state index >= 15 is 0 Å². The molecule has 0 spiro atoms. The molecule has 0 unspecified atom stereocenters. The van der Waals surface area contributed by atoms with Gasteiger partial charge in [-0.25, -0.2) is 0 Å². The fourth-order valence-corrected chi connectivity index (χ4v) is 3.10. The minimum Gasteiger partial charge on any atom is -0.508 e. The third-order valence-corrected chi connectivity index (χ3v) is 4.59. The first kappa shape index (κ1) is 25.8. The van der Waals surface area contributed by atoms with Gasteiger partial charge in [0.2, 0.25) is 0 Å². The summed E-state index contributed by atoms with van der Waals surface area (Å²) in [5, 5.41) is 17.3. The Morgan fingerprint density at radius 3 is 1.24 bits per heavy atom. The van der Waals surface area contributed by atoms with Crippen molar-refractivity contribution in [1.29, 1.82) is 0 Å². The van der Waals surface area contributed by atoms with Gasteiger partial charge < -0.3 is 14.9 Å². The van der Waals surface area contributed by atoms with Crippen LogP contribution in [-0.2, 0) is 11.2 Å². The highest BCUT2D eigenvalue weighted by Crippen LogP contribution is 2.35. The van der Waals surface area contributed by atoms with Gasteiger partial charge in [-0.05, 0) is 52.9 Å². The van der Waals surface area contributed by atoms with E-state index in [1.165, 1.54) is 22.3 Å². The molecule has 34 heavy (non-hydrogen) atoms. The van der Waals surface area contributed by atoms with Gasteiger partial charge in [-0.1, -0.05) is 96.8 Å². The van der Waals surface area contributed by atoms with Crippen molar-refractivity contribution in [3.8, 4) is 47.3 Å². The summed E-state index contributed by atoms with van der Waals surface area (Å²) in [4.78, 5) is 0. The van der Waals surface area contributed by atoms with Crippen molar-refractivity contribution in [2.45, 2.75) is 6.42 Å². The fraction of sp³-hybridized carbons (Fsp3) is 0.0968. The fourth-order valence-electron chi connectivity index (χ4n) is 3.10. The number of fused-ring (bicyclic) bond motifs is 3. The average Bonchev–Trinajstić information content (AvgIpc) is 3.25. The maximum Gasteiger partial charge on any atom is 0.115 e. The lowest BCUT2D eigenvalue weighted by atomic mass is 10.1. The maximum atomic E-state index is 8.63. The van der Waals surface area contributed by atoms with Crippen molar-refractivity contribution in [1.82, 2.24) is 0 Å². The number of phenols is 2. The standard InChI is InChI=1S/C13H10.3C6H6O/c1-3-7-12-10(5-1)9-11-6-2-4-8-13(11)12;2*7-6-4-2-1-3-5-6;1-3-5-7-6-4-2/h1-8H,9H2;2*1-5,7H;1-2H,5-6H2. The normalized spacial score (nSPS) is 9.59. The first-order valence-electron chi connectivity index (χ1n) is 10.7. The molecule has 1 aliphatic carbocycles. The Bertz CT molecular complexity index is 1090. The number of terminal acetylenes is 2. The van der Waals surface area contributed by atoms with Gasteiger partial charge in [-0.3, -0.25) is 0 Å². The summed E-state index contributed by atoms with van der Waals surface area (Å²) in [6.45, 7) is 0.619. The summed E-state index contributed by atoms with van der Waals surface area (Å²) in [7, 11) is 0. The van der Waals surface area contributed by atoms with Crippen LogP contribution >= 0.6 is 0 Å². The van der Waals surface area contributed by atoms with Gasteiger partial charge in [0, 0.05) is 0 Å². The van der Waals surface area contributed by atoms with Crippen molar-refractivity contribution in [3.63, 3.8) is 0 Å². The molecule has 3 nitrogen and oxygen atoms in total. The number of rotatable bonds is 2. The number of phenolic OH excluding ortho intramolecular Hbond substituents is 2.